The van der Waals surface area contributed by atoms with Gasteiger partial charge < -0.3 is 19.3 Å². The number of hydrogen-bond donors (Lipinski definition) is 0. The van der Waals surface area contributed by atoms with Crippen molar-refractivity contribution >= 4 is 45.4 Å². The van der Waals surface area contributed by atoms with Gasteiger partial charge in [0.15, 0.2) is 0 Å². The highest BCUT2D eigenvalue weighted by atomic mass is 32.2. The van der Waals surface area contributed by atoms with Crippen LogP contribution in [-0.2, 0) is 6.42 Å². The summed E-state index contributed by atoms with van der Waals surface area (Å²) in [4.78, 5) is 17.8. The number of ether oxygens (including phenoxy) is 2. The number of allylic oxidation sites excluding steroid dienone is 3. The zero-order valence-corrected chi connectivity index (χ0v) is 28.0. The molecule has 0 spiro atoms. The Kier molecular flexibility index (Phi) is 12.3. The van der Waals surface area contributed by atoms with E-state index in [4.69, 9.17) is 21.7 Å². The van der Waals surface area contributed by atoms with Crippen LogP contribution in [0.4, 0.5) is 4.79 Å². The third-order valence-electron chi connectivity index (χ3n) is 8.65. The van der Waals surface area contributed by atoms with Gasteiger partial charge in [0.1, 0.15) is 11.5 Å². The Morgan fingerprint density at radius 2 is 1.66 bits per heavy atom. The van der Waals surface area contributed by atoms with Crippen molar-refractivity contribution in [1.82, 2.24) is 9.80 Å². The molecule has 0 radical (unpaired) electrons. The van der Waals surface area contributed by atoms with E-state index in [1.807, 2.05) is 0 Å². The fourth-order valence-corrected chi connectivity index (χ4v) is 7.52. The van der Waals surface area contributed by atoms with E-state index in [-0.39, 0.29) is 17.1 Å². The molecular formula is C33H48N2O3S3. The summed E-state index contributed by atoms with van der Waals surface area (Å²) in [6.07, 6.45) is 10.8. The van der Waals surface area contributed by atoms with Crippen molar-refractivity contribution in [3.8, 4) is 11.5 Å². The molecule has 1 aromatic rings. The minimum Gasteiger partial charge on any atom is -0.439 e. The van der Waals surface area contributed by atoms with Crippen LogP contribution >= 0.6 is 35.7 Å². The van der Waals surface area contributed by atoms with Gasteiger partial charge in [0.05, 0.1) is 0 Å². The molecule has 2 aliphatic heterocycles. The first-order valence-electron chi connectivity index (χ1n) is 15.3. The van der Waals surface area contributed by atoms with E-state index in [0.717, 1.165) is 98.4 Å². The molecule has 0 amide bonds. The van der Waals surface area contributed by atoms with Gasteiger partial charge in [0, 0.05) is 48.2 Å². The molecule has 0 aromatic heterocycles. The number of carbonyl (C=O) groups excluding carboxylic acids is 1. The first-order valence-corrected chi connectivity index (χ1v) is 17.6. The maximum absolute atomic E-state index is 13.2. The number of thiocarbonyl (C=S) groups is 1. The largest absolute Gasteiger partial charge is 0.439 e. The lowest BCUT2D eigenvalue weighted by molar-refractivity contribution is 0.226. The minimum atomic E-state index is -0.250. The average Bonchev–Trinajstić information content (AvgIpc) is 3.81. The molecule has 2 heterocycles. The molecule has 2 fully saturated rings. The Morgan fingerprint density at radius 3 is 2.24 bits per heavy atom. The third-order valence-corrected chi connectivity index (χ3v) is 10.6. The molecule has 2 saturated heterocycles. The predicted octanol–water partition coefficient (Wildman–Crippen LogP) is 8.47. The molecule has 8 heteroatoms. The highest BCUT2D eigenvalue weighted by Gasteiger charge is 2.33. The Balaban J connectivity index is 1.63. The van der Waals surface area contributed by atoms with Crippen LogP contribution in [0.1, 0.15) is 82.8 Å². The summed E-state index contributed by atoms with van der Waals surface area (Å²) in [5.74, 6) is 3.30. The predicted molar refractivity (Wildman–Crippen MR) is 180 cm³/mol. The molecule has 3 aliphatic rings. The van der Waals surface area contributed by atoms with Crippen molar-refractivity contribution in [2.45, 2.75) is 90.1 Å². The summed E-state index contributed by atoms with van der Waals surface area (Å²) < 4.78 is 13.3. The summed E-state index contributed by atoms with van der Waals surface area (Å²) >= 11 is 8.64. The number of thioether (sulfide) groups is 2. The van der Waals surface area contributed by atoms with Crippen molar-refractivity contribution in [2.24, 2.45) is 5.92 Å². The number of carbonyl (C=O) groups is 1. The van der Waals surface area contributed by atoms with Crippen LogP contribution in [0, 0.1) is 5.92 Å². The molecule has 4 rings (SSSR count). The molecular weight excluding hydrogens is 569 g/mol. The van der Waals surface area contributed by atoms with Gasteiger partial charge in [-0.05, 0) is 114 Å². The molecule has 41 heavy (non-hydrogen) atoms. The molecule has 0 bridgehead atoms. The minimum absolute atomic E-state index is 0.0155. The lowest BCUT2D eigenvalue weighted by Crippen LogP contribution is -2.20. The topological polar surface area (TPSA) is 41.6 Å². The normalized spacial score (nSPS) is 26.7. The van der Waals surface area contributed by atoms with E-state index in [1.54, 1.807) is 11.8 Å². The Labute approximate surface area is 261 Å². The van der Waals surface area contributed by atoms with E-state index in [0.29, 0.717) is 22.2 Å². The van der Waals surface area contributed by atoms with E-state index in [9.17, 15) is 4.79 Å². The molecule has 6 atom stereocenters. The van der Waals surface area contributed by atoms with E-state index in [1.165, 1.54) is 17.3 Å². The van der Waals surface area contributed by atoms with Crippen molar-refractivity contribution in [1.29, 1.82) is 0 Å². The van der Waals surface area contributed by atoms with Gasteiger partial charge in [0.25, 0.3) is 0 Å². The SMILES string of the molecule is C=C(C)[C@@H]1CCC(C)=C[C@H]1c1c(OC(=O)SCCC2CN2C)cc(CCCCC)cc1OC(=S)SCCC1CN1C. The summed E-state index contributed by atoms with van der Waals surface area (Å²) in [6.45, 7) is 13.1. The second kappa shape index (κ2) is 15.4. The quantitative estimate of drug-likeness (QED) is 0.0678. The second-order valence-electron chi connectivity index (χ2n) is 12.2. The van der Waals surface area contributed by atoms with Gasteiger partial charge in [0.2, 0.25) is 4.38 Å². The van der Waals surface area contributed by atoms with E-state index >= 15 is 0 Å². The van der Waals surface area contributed by atoms with Crippen molar-refractivity contribution < 1.29 is 14.3 Å². The van der Waals surface area contributed by atoms with Crippen LogP contribution in [0.5, 0.6) is 11.5 Å². The van der Waals surface area contributed by atoms with Crippen molar-refractivity contribution in [2.75, 3.05) is 38.7 Å². The second-order valence-corrected chi connectivity index (χ2v) is 14.9. The van der Waals surface area contributed by atoms with Gasteiger partial charge in [-0.15, -0.1) is 0 Å². The number of nitrogens with zero attached hydrogens (tertiary/aromatic N) is 2. The fourth-order valence-electron chi connectivity index (χ4n) is 5.77. The Hall–Kier alpha value is -1.32. The third kappa shape index (κ3) is 9.85. The standard InChI is InChI=1S/C33H48N2O3S3/c1-7-8-9-10-24-18-29(37-32(36)40-15-13-25-20-34(25)5)31(28-17-23(4)11-12-27(28)22(2)3)30(19-24)38-33(39)41-16-14-26-21-35(26)6/h17-19,25-28H,2,7-16,20-21H2,1,3-6H3/t25?,26?,27-,28+,34?,35?/m0/s1. The summed E-state index contributed by atoms with van der Waals surface area (Å²) in [5.41, 5.74) is 4.54. The molecule has 1 aliphatic carbocycles. The van der Waals surface area contributed by atoms with Crippen LogP contribution in [0.25, 0.3) is 0 Å². The Bertz CT molecular complexity index is 1080. The van der Waals surface area contributed by atoms with Crippen molar-refractivity contribution in [3.63, 3.8) is 0 Å². The molecule has 0 saturated carbocycles. The highest BCUT2D eigenvalue weighted by molar-refractivity contribution is 8.22. The molecule has 226 valence electrons. The lowest BCUT2D eigenvalue weighted by atomic mass is 9.73. The smallest absolute Gasteiger partial charge is 0.372 e. The fraction of sp³-hybridized carbons (Fsp3) is 0.636. The number of benzene rings is 1. The lowest BCUT2D eigenvalue weighted by Gasteiger charge is -2.32. The van der Waals surface area contributed by atoms with Gasteiger partial charge in [-0.25, -0.2) is 4.79 Å². The number of unbranched alkanes of at least 4 members (excludes halogenated alkanes) is 2. The zero-order valence-electron chi connectivity index (χ0n) is 25.6. The average molecular weight is 617 g/mol. The summed E-state index contributed by atoms with van der Waals surface area (Å²) in [6, 6.07) is 5.49. The molecule has 1 aromatic carbocycles. The summed E-state index contributed by atoms with van der Waals surface area (Å²) in [7, 11) is 4.28. The monoisotopic (exact) mass is 616 g/mol. The van der Waals surface area contributed by atoms with Gasteiger partial charge >= 0.3 is 5.30 Å². The maximum atomic E-state index is 13.2. The van der Waals surface area contributed by atoms with Gasteiger partial charge in [-0.1, -0.05) is 55.3 Å². The number of likely N-dealkylation sites (N-methyl/N-ethyl adjacent to an activating group) is 2. The Morgan fingerprint density at radius 1 is 1.05 bits per heavy atom. The number of rotatable bonds is 14. The first-order chi connectivity index (χ1) is 19.7. The van der Waals surface area contributed by atoms with Crippen LogP contribution < -0.4 is 9.47 Å². The summed E-state index contributed by atoms with van der Waals surface area (Å²) in [5, 5.41) is -0.250. The van der Waals surface area contributed by atoms with Gasteiger partial charge in [-0.2, -0.15) is 0 Å². The zero-order chi connectivity index (χ0) is 29.5. The van der Waals surface area contributed by atoms with Crippen LogP contribution in [0.2, 0.25) is 0 Å². The first kappa shape index (κ1) is 32.6. The van der Waals surface area contributed by atoms with Crippen LogP contribution in [0.15, 0.2) is 35.9 Å². The number of aryl methyl sites for hydroxylation is 1. The number of hydrogen-bond acceptors (Lipinski definition) is 8. The maximum Gasteiger partial charge on any atom is 0.372 e. The molecule has 5 nitrogen and oxygen atoms in total. The van der Waals surface area contributed by atoms with Crippen LogP contribution in [0.3, 0.4) is 0 Å². The highest BCUT2D eigenvalue weighted by Crippen LogP contribution is 2.48. The molecule has 0 N–H and O–H groups in total. The van der Waals surface area contributed by atoms with Crippen LogP contribution in [-0.4, -0.2) is 70.3 Å². The molecule has 4 unspecified atom stereocenters. The van der Waals surface area contributed by atoms with Crippen molar-refractivity contribution in [3.05, 3.63) is 47.1 Å². The van der Waals surface area contributed by atoms with E-state index in [2.05, 4.69) is 69.5 Å². The van der Waals surface area contributed by atoms with E-state index < -0.39 is 0 Å². The van der Waals surface area contributed by atoms with Gasteiger partial charge in [-0.3, -0.25) is 0 Å².